The van der Waals surface area contributed by atoms with E-state index in [-0.39, 0.29) is 5.41 Å². The van der Waals surface area contributed by atoms with Crippen LogP contribution in [0.2, 0.25) is 0 Å². The summed E-state index contributed by atoms with van der Waals surface area (Å²) in [4.78, 5) is 9.06. The first-order valence-corrected chi connectivity index (χ1v) is 7.79. The number of rotatable bonds is 8. The molecule has 0 saturated carbocycles. The molecule has 0 aliphatic heterocycles. The van der Waals surface area contributed by atoms with Gasteiger partial charge in [-0.3, -0.25) is 0 Å². The Kier molecular flexibility index (Phi) is 6.87. The molecule has 0 aliphatic carbocycles. The lowest BCUT2D eigenvalue weighted by Crippen LogP contribution is -2.20. The van der Waals surface area contributed by atoms with Crippen LogP contribution in [0.5, 0.6) is 5.88 Å². The first-order valence-electron chi connectivity index (χ1n) is 7.79. The van der Waals surface area contributed by atoms with Crippen LogP contribution in [0.25, 0.3) is 0 Å². The summed E-state index contributed by atoms with van der Waals surface area (Å²) in [5.74, 6) is 2.22. The molecule has 3 N–H and O–H groups in total. The first kappa shape index (κ1) is 18.5. The fourth-order valence-electron chi connectivity index (χ4n) is 1.70. The van der Waals surface area contributed by atoms with Gasteiger partial charge < -0.3 is 20.5 Å². The monoisotopic (exact) mass is 310 g/mol. The van der Waals surface area contributed by atoms with Gasteiger partial charge in [-0.1, -0.05) is 34.6 Å². The molecule has 1 heterocycles. The highest BCUT2D eigenvalue weighted by molar-refractivity contribution is 5.67. The lowest BCUT2D eigenvalue weighted by Gasteiger charge is -2.21. The maximum atomic E-state index is 6.15. The van der Waals surface area contributed by atoms with Crippen LogP contribution in [0.15, 0.2) is 0 Å². The highest BCUT2D eigenvalue weighted by Crippen LogP contribution is 2.30. The van der Waals surface area contributed by atoms with Crippen molar-refractivity contribution in [1.82, 2.24) is 9.97 Å². The normalized spacial score (nSPS) is 11.8. The molecule has 22 heavy (non-hydrogen) atoms. The van der Waals surface area contributed by atoms with E-state index in [0.29, 0.717) is 36.5 Å². The largest absolute Gasteiger partial charge is 0.476 e. The van der Waals surface area contributed by atoms with Crippen molar-refractivity contribution in [1.29, 1.82) is 0 Å². The molecule has 126 valence electrons. The predicted molar refractivity (Wildman–Crippen MR) is 90.5 cm³/mol. The van der Waals surface area contributed by atoms with E-state index in [1.165, 1.54) is 0 Å². The number of anilines is 2. The van der Waals surface area contributed by atoms with Gasteiger partial charge in [-0.2, -0.15) is 4.98 Å². The number of hydrogen-bond donors (Lipinski definition) is 2. The lowest BCUT2D eigenvalue weighted by atomic mass is 9.96. The quantitative estimate of drug-likeness (QED) is 0.718. The minimum atomic E-state index is -0.174. The Morgan fingerprint density at radius 3 is 2.45 bits per heavy atom. The molecule has 0 fully saturated rings. The van der Waals surface area contributed by atoms with Crippen LogP contribution in [0.3, 0.4) is 0 Å². The Bertz CT molecular complexity index is 470. The Labute approximate surface area is 133 Å². The van der Waals surface area contributed by atoms with Crippen molar-refractivity contribution in [2.75, 3.05) is 37.9 Å². The van der Waals surface area contributed by atoms with E-state index in [9.17, 15) is 0 Å². The summed E-state index contributed by atoms with van der Waals surface area (Å²) in [7, 11) is 1.69. The van der Waals surface area contributed by atoms with Crippen LogP contribution in [0.4, 0.5) is 11.5 Å². The fraction of sp³-hybridized carbons (Fsp3) is 0.750. The Morgan fingerprint density at radius 2 is 1.91 bits per heavy atom. The number of ether oxygens (including phenoxy) is 2. The zero-order valence-electron chi connectivity index (χ0n) is 14.7. The van der Waals surface area contributed by atoms with Crippen molar-refractivity contribution >= 4 is 11.5 Å². The maximum Gasteiger partial charge on any atom is 0.242 e. The molecule has 6 heteroatoms. The van der Waals surface area contributed by atoms with Crippen molar-refractivity contribution in [2.45, 2.75) is 46.5 Å². The zero-order valence-corrected chi connectivity index (χ0v) is 14.7. The van der Waals surface area contributed by atoms with Gasteiger partial charge in [0.1, 0.15) is 11.5 Å². The van der Waals surface area contributed by atoms with Gasteiger partial charge in [-0.15, -0.1) is 0 Å². The molecule has 0 radical (unpaired) electrons. The topological polar surface area (TPSA) is 82.3 Å². The number of nitrogen functional groups attached to an aromatic ring is 1. The molecule has 0 aromatic carbocycles. The third kappa shape index (κ3) is 5.67. The maximum absolute atomic E-state index is 6.15. The Hall–Kier alpha value is -1.56. The van der Waals surface area contributed by atoms with Crippen molar-refractivity contribution < 1.29 is 9.47 Å². The van der Waals surface area contributed by atoms with Crippen LogP contribution < -0.4 is 15.8 Å². The minimum absolute atomic E-state index is 0.174. The van der Waals surface area contributed by atoms with Gasteiger partial charge in [-0.05, 0) is 12.3 Å². The minimum Gasteiger partial charge on any atom is -0.476 e. The van der Waals surface area contributed by atoms with Crippen LogP contribution in [0, 0.1) is 5.92 Å². The third-order valence-corrected chi connectivity index (χ3v) is 2.95. The summed E-state index contributed by atoms with van der Waals surface area (Å²) in [6.45, 7) is 12.4. The van der Waals surface area contributed by atoms with Crippen LogP contribution in [-0.4, -0.2) is 36.8 Å². The highest BCUT2D eigenvalue weighted by Gasteiger charge is 2.22. The van der Waals surface area contributed by atoms with Crippen molar-refractivity contribution in [2.24, 2.45) is 5.92 Å². The molecule has 1 rings (SSSR count). The smallest absolute Gasteiger partial charge is 0.242 e. The number of hydrogen-bond acceptors (Lipinski definition) is 6. The van der Waals surface area contributed by atoms with Crippen LogP contribution >= 0.6 is 0 Å². The molecular weight excluding hydrogens is 280 g/mol. The summed E-state index contributed by atoms with van der Waals surface area (Å²) >= 11 is 0. The third-order valence-electron chi connectivity index (χ3n) is 2.95. The summed E-state index contributed by atoms with van der Waals surface area (Å²) in [5, 5.41) is 3.25. The van der Waals surface area contributed by atoms with E-state index < -0.39 is 0 Å². The van der Waals surface area contributed by atoms with Gasteiger partial charge in [0.15, 0.2) is 5.82 Å². The van der Waals surface area contributed by atoms with Gasteiger partial charge in [0.25, 0.3) is 0 Å². The summed E-state index contributed by atoms with van der Waals surface area (Å²) < 4.78 is 10.8. The molecule has 0 aliphatic rings. The second-order valence-corrected chi connectivity index (χ2v) is 6.84. The van der Waals surface area contributed by atoms with Crippen molar-refractivity contribution in [3.05, 3.63) is 5.82 Å². The SMILES string of the molecule is COCCCNc1nc(C(C)(C)C)nc(OCC(C)C)c1N. The van der Waals surface area contributed by atoms with Crippen LogP contribution in [-0.2, 0) is 10.2 Å². The predicted octanol–water partition coefficient (Wildman–Crippen LogP) is 2.84. The van der Waals surface area contributed by atoms with E-state index in [1.807, 2.05) is 0 Å². The van der Waals surface area contributed by atoms with Gasteiger partial charge in [0.2, 0.25) is 5.88 Å². The lowest BCUT2D eigenvalue weighted by molar-refractivity contribution is 0.197. The fourth-order valence-corrected chi connectivity index (χ4v) is 1.70. The van der Waals surface area contributed by atoms with Gasteiger partial charge in [0.05, 0.1) is 6.61 Å². The zero-order chi connectivity index (χ0) is 16.8. The number of methoxy groups -OCH3 is 1. The van der Waals surface area contributed by atoms with E-state index in [0.717, 1.165) is 18.8 Å². The summed E-state index contributed by atoms with van der Waals surface area (Å²) in [6.07, 6.45) is 0.882. The van der Waals surface area contributed by atoms with Crippen molar-refractivity contribution in [3.8, 4) is 5.88 Å². The number of nitrogens with zero attached hydrogens (tertiary/aromatic N) is 2. The van der Waals surface area contributed by atoms with Gasteiger partial charge in [0, 0.05) is 25.7 Å². The second kappa shape index (κ2) is 8.17. The van der Waals surface area contributed by atoms with Gasteiger partial charge in [-0.25, -0.2) is 4.98 Å². The molecule has 0 unspecified atom stereocenters. The molecule has 0 spiro atoms. The average molecular weight is 310 g/mol. The van der Waals surface area contributed by atoms with E-state index >= 15 is 0 Å². The first-order chi connectivity index (χ1) is 10.3. The molecule has 0 amide bonds. The second-order valence-electron chi connectivity index (χ2n) is 6.84. The summed E-state index contributed by atoms with van der Waals surface area (Å²) in [5.41, 5.74) is 6.44. The molecule has 1 aromatic rings. The van der Waals surface area contributed by atoms with Crippen molar-refractivity contribution in [3.63, 3.8) is 0 Å². The average Bonchev–Trinajstić information content (AvgIpc) is 2.42. The van der Waals surface area contributed by atoms with E-state index in [4.69, 9.17) is 15.2 Å². The Morgan fingerprint density at radius 1 is 1.23 bits per heavy atom. The van der Waals surface area contributed by atoms with E-state index in [2.05, 4.69) is 49.9 Å². The molecule has 0 bridgehead atoms. The number of nitrogens with two attached hydrogens (primary N) is 1. The standard InChI is InChI=1S/C16H30N4O2/c1-11(2)10-22-14-12(17)13(18-8-7-9-21-6)19-15(20-14)16(3,4)5/h11H,7-10,17H2,1-6H3,(H,18,19,20). The van der Waals surface area contributed by atoms with Crippen LogP contribution in [0.1, 0.15) is 46.9 Å². The Balaban J connectivity index is 2.99. The molecule has 0 saturated heterocycles. The molecule has 1 aromatic heterocycles. The van der Waals surface area contributed by atoms with Gasteiger partial charge >= 0.3 is 0 Å². The van der Waals surface area contributed by atoms with E-state index in [1.54, 1.807) is 7.11 Å². The highest BCUT2D eigenvalue weighted by atomic mass is 16.5. The number of nitrogens with one attached hydrogen (secondary N) is 1. The molecule has 0 atom stereocenters. The molecular formula is C16H30N4O2. The molecule has 6 nitrogen and oxygen atoms in total. The summed E-state index contributed by atoms with van der Waals surface area (Å²) in [6, 6.07) is 0. The number of aromatic nitrogens is 2.